The molecule has 0 radical (unpaired) electrons. The maximum Gasteiger partial charge on any atom is 0.264 e. The summed E-state index contributed by atoms with van der Waals surface area (Å²) < 4.78 is 5.82. The number of amides is 2. The van der Waals surface area contributed by atoms with Crippen molar-refractivity contribution < 1.29 is 19.4 Å². The molecule has 1 aliphatic rings. The van der Waals surface area contributed by atoms with E-state index in [2.05, 4.69) is 24.2 Å². The predicted molar refractivity (Wildman–Crippen MR) is 132 cm³/mol. The Kier molecular flexibility index (Phi) is 8.86. The summed E-state index contributed by atoms with van der Waals surface area (Å²) in [5.41, 5.74) is 8.23. The number of para-hydroxylation sites is 2. The third kappa shape index (κ3) is 6.71. The van der Waals surface area contributed by atoms with E-state index < -0.39 is 0 Å². The lowest BCUT2D eigenvalue weighted by Crippen LogP contribution is -2.45. The lowest BCUT2D eigenvalue weighted by Gasteiger charge is -2.28. The van der Waals surface area contributed by atoms with Crippen molar-refractivity contribution in [1.82, 2.24) is 10.2 Å². The molecule has 3 rings (SSSR count). The number of carbonyl (C=O) groups excluding carboxylic acids is 2. The number of hydrogen-bond acceptors (Lipinski definition) is 7. The molecule has 34 heavy (non-hydrogen) atoms. The number of hydrogen-bond donors (Lipinski definition) is 3. The summed E-state index contributed by atoms with van der Waals surface area (Å²) in [7, 11) is 0. The summed E-state index contributed by atoms with van der Waals surface area (Å²) >= 11 is 0. The van der Waals surface area contributed by atoms with Gasteiger partial charge in [0.2, 0.25) is 5.91 Å². The number of guanidine groups is 1. The van der Waals surface area contributed by atoms with Crippen LogP contribution in [0.3, 0.4) is 0 Å². The summed E-state index contributed by atoms with van der Waals surface area (Å²) in [6.07, 6.45) is 0.914. The van der Waals surface area contributed by atoms with Crippen LogP contribution in [0.25, 0.3) is 0 Å². The number of benzene rings is 2. The molecule has 0 fully saturated rings. The minimum absolute atomic E-state index is 0.106. The smallest absolute Gasteiger partial charge is 0.264 e. The van der Waals surface area contributed by atoms with Crippen molar-refractivity contribution in [2.75, 3.05) is 37.7 Å². The first-order valence-electron chi connectivity index (χ1n) is 11.5. The summed E-state index contributed by atoms with van der Waals surface area (Å²) in [5, 5.41) is 12.3. The van der Waals surface area contributed by atoms with Crippen LogP contribution in [0, 0.1) is 5.92 Å². The second-order valence-electron chi connectivity index (χ2n) is 8.52. The Morgan fingerprint density at radius 2 is 1.97 bits per heavy atom. The molecule has 0 spiro atoms. The zero-order valence-corrected chi connectivity index (χ0v) is 19.7. The normalized spacial score (nSPS) is 12.7. The molecule has 0 saturated heterocycles. The van der Waals surface area contributed by atoms with Gasteiger partial charge in [0.05, 0.1) is 13.2 Å². The summed E-state index contributed by atoms with van der Waals surface area (Å²) in [6.45, 7) is 5.15. The molecule has 0 atom stereocenters. The Bertz CT molecular complexity index is 1010. The van der Waals surface area contributed by atoms with E-state index in [1.807, 2.05) is 30.3 Å². The minimum atomic E-state index is -0.287. The average molecular weight is 468 g/mol. The van der Waals surface area contributed by atoms with E-state index in [-0.39, 0.29) is 44.1 Å². The van der Waals surface area contributed by atoms with Crippen LogP contribution in [-0.4, -0.2) is 60.6 Å². The van der Waals surface area contributed by atoms with Gasteiger partial charge in [-0.15, -0.1) is 0 Å². The van der Waals surface area contributed by atoms with Gasteiger partial charge in [-0.1, -0.05) is 44.2 Å². The number of nitrogens with zero attached hydrogens (tertiary/aromatic N) is 3. The molecule has 0 unspecified atom stereocenters. The maximum absolute atomic E-state index is 12.8. The van der Waals surface area contributed by atoms with Gasteiger partial charge >= 0.3 is 0 Å². The van der Waals surface area contributed by atoms with Gasteiger partial charge in [0.25, 0.3) is 5.91 Å². The molecule has 0 bridgehead atoms. The van der Waals surface area contributed by atoms with E-state index in [1.165, 1.54) is 4.90 Å². The zero-order valence-electron chi connectivity index (χ0n) is 19.7. The summed E-state index contributed by atoms with van der Waals surface area (Å²) in [6, 6.07) is 14.6. The van der Waals surface area contributed by atoms with Gasteiger partial charge in [0.1, 0.15) is 11.4 Å². The first-order valence-corrected chi connectivity index (χ1v) is 11.5. The fraction of sp³-hybridized carbons (Fsp3) is 0.400. The van der Waals surface area contributed by atoms with Gasteiger partial charge in [-0.05, 0) is 30.5 Å². The highest BCUT2D eigenvalue weighted by Crippen LogP contribution is 2.35. The first kappa shape index (κ1) is 25.0. The minimum Gasteiger partial charge on any atom is -0.481 e. The van der Waals surface area contributed by atoms with E-state index in [0.29, 0.717) is 36.1 Å². The van der Waals surface area contributed by atoms with Crippen LogP contribution in [-0.2, 0) is 16.1 Å². The fourth-order valence-electron chi connectivity index (χ4n) is 3.60. The standard InChI is InChI=1S/C25H33N5O4/c1-18(2)11-12-27-22(32)16-29-15-19-7-6-10-21(24(19)28-25(29)26)34-17-23(33)30(13-14-31)20-8-4-3-5-9-20/h3-10,18,31H,11-17H2,1-2H3,(H2,26,28)(H,27,32). The van der Waals surface area contributed by atoms with E-state index in [4.69, 9.17) is 10.5 Å². The van der Waals surface area contributed by atoms with Crippen LogP contribution < -0.4 is 20.7 Å². The van der Waals surface area contributed by atoms with Gasteiger partial charge in [-0.2, -0.15) is 0 Å². The van der Waals surface area contributed by atoms with Crippen LogP contribution in [0.1, 0.15) is 25.8 Å². The molecule has 1 aliphatic heterocycles. The number of ether oxygens (including phenoxy) is 1. The highest BCUT2D eigenvalue weighted by Gasteiger charge is 2.23. The van der Waals surface area contributed by atoms with Gasteiger partial charge in [-0.25, -0.2) is 4.99 Å². The highest BCUT2D eigenvalue weighted by molar-refractivity contribution is 5.94. The predicted octanol–water partition coefficient (Wildman–Crippen LogP) is 2.01. The van der Waals surface area contributed by atoms with Crippen molar-refractivity contribution in [2.24, 2.45) is 16.6 Å². The van der Waals surface area contributed by atoms with Crippen molar-refractivity contribution in [3.8, 4) is 5.75 Å². The second-order valence-corrected chi connectivity index (χ2v) is 8.52. The van der Waals surface area contributed by atoms with Crippen LogP contribution in [0.5, 0.6) is 5.75 Å². The SMILES string of the molecule is CC(C)CCNC(=O)CN1Cc2cccc(OCC(=O)N(CCO)c3ccccc3)c2N=C1N. The summed E-state index contributed by atoms with van der Waals surface area (Å²) in [4.78, 5) is 32.7. The third-order valence-electron chi connectivity index (χ3n) is 5.42. The van der Waals surface area contributed by atoms with E-state index in [0.717, 1.165) is 12.0 Å². The Morgan fingerprint density at radius 1 is 1.21 bits per heavy atom. The molecule has 2 amide bonds. The van der Waals surface area contributed by atoms with Gasteiger partial charge < -0.3 is 30.7 Å². The Morgan fingerprint density at radius 3 is 2.68 bits per heavy atom. The number of nitrogens with two attached hydrogens (primary N) is 1. The van der Waals surface area contributed by atoms with Gasteiger partial charge in [-0.3, -0.25) is 9.59 Å². The molecule has 2 aromatic carbocycles. The third-order valence-corrected chi connectivity index (χ3v) is 5.42. The molecular formula is C25H33N5O4. The molecular weight excluding hydrogens is 434 g/mol. The Hall–Kier alpha value is -3.59. The number of aliphatic hydroxyl groups is 1. The van der Waals surface area contributed by atoms with Crippen LogP contribution >= 0.6 is 0 Å². The molecule has 0 saturated carbocycles. The molecule has 9 nitrogen and oxygen atoms in total. The van der Waals surface area contributed by atoms with Crippen LogP contribution in [0.4, 0.5) is 11.4 Å². The Balaban J connectivity index is 1.65. The highest BCUT2D eigenvalue weighted by atomic mass is 16.5. The van der Waals surface area contributed by atoms with Crippen molar-refractivity contribution in [1.29, 1.82) is 0 Å². The van der Waals surface area contributed by atoms with Crippen molar-refractivity contribution in [3.05, 3.63) is 54.1 Å². The number of aliphatic imine (C=N–C) groups is 1. The fourth-order valence-corrected chi connectivity index (χ4v) is 3.60. The number of anilines is 1. The molecule has 4 N–H and O–H groups in total. The van der Waals surface area contributed by atoms with Crippen LogP contribution in [0.15, 0.2) is 53.5 Å². The molecule has 1 heterocycles. The number of fused-ring (bicyclic) bond motifs is 1. The van der Waals surface area contributed by atoms with Crippen molar-refractivity contribution >= 4 is 29.1 Å². The largest absolute Gasteiger partial charge is 0.481 e. The molecule has 0 aliphatic carbocycles. The number of nitrogens with one attached hydrogen (secondary N) is 1. The van der Waals surface area contributed by atoms with E-state index in [1.54, 1.807) is 23.1 Å². The number of aliphatic hydroxyl groups excluding tert-OH is 1. The Labute approximate surface area is 200 Å². The lowest BCUT2D eigenvalue weighted by molar-refractivity contribution is -0.122. The first-order chi connectivity index (χ1) is 16.4. The zero-order chi connectivity index (χ0) is 24.5. The van der Waals surface area contributed by atoms with Crippen LogP contribution in [0.2, 0.25) is 0 Å². The molecule has 182 valence electrons. The van der Waals surface area contributed by atoms with Gasteiger partial charge in [0.15, 0.2) is 12.6 Å². The summed E-state index contributed by atoms with van der Waals surface area (Å²) in [5.74, 6) is 0.782. The average Bonchev–Trinajstić information content (AvgIpc) is 2.82. The topological polar surface area (TPSA) is 120 Å². The lowest BCUT2D eigenvalue weighted by atomic mass is 10.1. The molecule has 9 heteroatoms. The number of rotatable bonds is 11. The quantitative estimate of drug-likeness (QED) is 0.465. The van der Waals surface area contributed by atoms with E-state index >= 15 is 0 Å². The second kappa shape index (κ2) is 12.0. The maximum atomic E-state index is 12.8. The monoisotopic (exact) mass is 467 g/mol. The molecule has 2 aromatic rings. The molecule has 0 aromatic heterocycles. The van der Waals surface area contributed by atoms with Crippen molar-refractivity contribution in [3.63, 3.8) is 0 Å². The van der Waals surface area contributed by atoms with E-state index in [9.17, 15) is 14.7 Å². The van der Waals surface area contributed by atoms with Gasteiger partial charge in [0, 0.05) is 30.9 Å². The number of carbonyl (C=O) groups is 2. The van der Waals surface area contributed by atoms with Crippen molar-refractivity contribution in [2.45, 2.75) is 26.8 Å².